The maximum absolute atomic E-state index is 4.44. The molecule has 0 saturated heterocycles. The van der Waals surface area contributed by atoms with Crippen molar-refractivity contribution in [3.63, 3.8) is 0 Å². The van der Waals surface area contributed by atoms with E-state index in [2.05, 4.69) is 56.7 Å². The first-order chi connectivity index (χ1) is 12.8. The van der Waals surface area contributed by atoms with Crippen molar-refractivity contribution in [3.8, 4) is 0 Å². The third-order valence-electron chi connectivity index (χ3n) is 4.73. The molecule has 2 aromatic rings. The number of guanidine groups is 1. The number of halogens is 1. The molecule has 3 rings (SSSR count). The average molecular weight is 499 g/mol. The van der Waals surface area contributed by atoms with Gasteiger partial charge in [-0.15, -0.1) is 35.3 Å². The highest BCUT2D eigenvalue weighted by Gasteiger charge is 2.14. The van der Waals surface area contributed by atoms with E-state index in [4.69, 9.17) is 0 Å². The molecule has 0 atom stereocenters. The minimum Gasteiger partial charge on any atom is -0.356 e. The second-order valence-corrected chi connectivity index (χ2v) is 7.77. The number of hydrogen-bond acceptors (Lipinski definition) is 4. The largest absolute Gasteiger partial charge is 0.356 e. The molecule has 7 heteroatoms. The number of rotatable bonds is 7. The zero-order valence-electron chi connectivity index (χ0n) is 16.2. The van der Waals surface area contributed by atoms with Crippen LogP contribution in [-0.2, 0) is 25.9 Å². The van der Waals surface area contributed by atoms with Gasteiger partial charge in [0.05, 0.1) is 6.54 Å². The van der Waals surface area contributed by atoms with E-state index in [1.54, 1.807) is 11.3 Å². The van der Waals surface area contributed by atoms with Gasteiger partial charge in [-0.1, -0.05) is 31.2 Å². The van der Waals surface area contributed by atoms with Gasteiger partial charge in [0.25, 0.3) is 0 Å². The van der Waals surface area contributed by atoms with Crippen molar-refractivity contribution in [2.24, 2.45) is 4.99 Å². The molecule has 0 aliphatic carbocycles. The van der Waals surface area contributed by atoms with Gasteiger partial charge in [0.15, 0.2) is 5.96 Å². The smallest absolute Gasteiger partial charge is 0.191 e. The second kappa shape index (κ2) is 11.6. The van der Waals surface area contributed by atoms with Gasteiger partial charge in [0.2, 0.25) is 0 Å². The first kappa shape index (κ1) is 22.1. The Balaban J connectivity index is 0.00000261. The zero-order chi connectivity index (χ0) is 18.2. The molecule has 0 bridgehead atoms. The molecular formula is C20H30IN5S. The number of hydrogen-bond donors (Lipinski definition) is 2. The number of fused-ring (bicyclic) bond motifs is 1. The molecule has 1 aliphatic rings. The summed E-state index contributed by atoms with van der Waals surface area (Å²) in [6.07, 6.45) is 5.29. The molecular weight excluding hydrogens is 469 g/mol. The van der Waals surface area contributed by atoms with E-state index in [9.17, 15) is 0 Å². The third-order valence-corrected chi connectivity index (χ3v) is 5.88. The van der Waals surface area contributed by atoms with Crippen LogP contribution in [0.1, 0.15) is 34.4 Å². The zero-order valence-corrected chi connectivity index (χ0v) is 19.3. The van der Waals surface area contributed by atoms with Crippen LogP contribution in [0, 0.1) is 0 Å². The molecule has 2 heterocycles. The molecule has 148 valence electrons. The Morgan fingerprint density at radius 3 is 2.81 bits per heavy atom. The summed E-state index contributed by atoms with van der Waals surface area (Å²) >= 11 is 1.76. The molecule has 5 nitrogen and oxygen atoms in total. The Hall–Kier alpha value is -1.19. The maximum atomic E-state index is 4.44. The number of benzene rings is 1. The van der Waals surface area contributed by atoms with Crippen LogP contribution in [0.15, 0.2) is 35.5 Å². The van der Waals surface area contributed by atoms with E-state index in [-0.39, 0.29) is 24.0 Å². The summed E-state index contributed by atoms with van der Waals surface area (Å²) in [5, 5.41) is 7.86. The first-order valence-corrected chi connectivity index (χ1v) is 10.3. The van der Waals surface area contributed by atoms with Crippen molar-refractivity contribution >= 4 is 41.3 Å². The van der Waals surface area contributed by atoms with Gasteiger partial charge in [-0.25, -0.2) is 4.98 Å². The lowest BCUT2D eigenvalue weighted by Gasteiger charge is -2.28. The van der Waals surface area contributed by atoms with Gasteiger partial charge in [-0.2, -0.15) is 0 Å². The predicted molar refractivity (Wildman–Crippen MR) is 125 cm³/mol. The minimum absolute atomic E-state index is 0. The number of nitrogens with one attached hydrogen (secondary N) is 2. The summed E-state index contributed by atoms with van der Waals surface area (Å²) < 4.78 is 0. The lowest BCUT2D eigenvalue weighted by Crippen LogP contribution is -2.39. The van der Waals surface area contributed by atoms with Crippen LogP contribution in [-0.4, -0.2) is 42.5 Å². The maximum Gasteiger partial charge on any atom is 0.191 e. The number of nitrogens with zero attached hydrogens (tertiary/aromatic N) is 3. The Labute approximate surface area is 183 Å². The molecule has 0 unspecified atom stereocenters. The number of aryl methyl sites for hydroxylation is 1. The van der Waals surface area contributed by atoms with E-state index in [1.165, 1.54) is 22.4 Å². The van der Waals surface area contributed by atoms with Crippen molar-refractivity contribution in [1.29, 1.82) is 0 Å². The van der Waals surface area contributed by atoms with Gasteiger partial charge in [-0.3, -0.25) is 9.89 Å². The van der Waals surface area contributed by atoms with Crippen molar-refractivity contribution < 1.29 is 0 Å². The van der Waals surface area contributed by atoms with Crippen molar-refractivity contribution in [2.45, 2.75) is 39.3 Å². The highest BCUT2D eigenvalue weighted by Crippen LogP contribution is 2.18. The Morgan fingerprint density at radius 2 is 2.07 bits per heavy atom. The molecule has 0 saturated carbocycles. The molecule has 1 aromatic heterocycles. The fraction of sp³-hybridized carbons (Fsp3) is 0.500. The topological polar surface area (TPSA) is 52.6 Å². The Bertz CT molecular complexity index is 731. The second-order valence-electron chi connectivity index (χ2n) is 6.57. The van der Waals surface area contributed by atoms with Gasteiger partial charge < -0.3 is 10.6 Å². The average Bonchev–Trinajstić information content (AvgIpc) is 3.15. The SMILES string of the molecule is CCc1cnc(CNC(=NC)NCCCN2CCc3ccccc3C2)s1.I. The quantitative estimate of drug-likeness (QED) is 0.265. The van der Waals surface area contributed by atoms with Crippen LogP contribution in [0.2, 0.25) is 0 Å². The molecule has 0 spiro atoms. The number of thiazole rings is 1. The van der Waals surface area contributed by atoms with Crippen LogP contribution in [0.25, 0.3) is 0 Å². The van der Waals surface area contributed by atoms with Gasteiger partial charge in [0.1, 0.15) is 5.01 Å². The fourth-order valence-electron chi connectivity index (χ4n) is 3.23. The first-order valence-electron chi connectivity index (χ1n) is 9.45. The van der Waals surface area contributed by atoms with Crippen molar-refractivity contribution in [3.05, 3.63) is 51.5 Å². The molecule has 0 fully saturated rings. The normalized spacial score (nSPS) is 14.4. The summed E-state index contributed by atoms with van der Waals surface area (Å²) in [6.45, 7) is 7.17. The van der Waals surface area contributed by atoms with Crippen molar-refractivity contribution in [2.75, 3.05) is 26.7 Å². The molecule has 1 aliphatic heterocycles. The van der Waals surface area contributed by atoms with E-state index in [1.807, 2.05) is 13.2 Å². The summed E-state index contributed by atoms with van der Waals surface area (Å²) in [5.41, 5.74) is 3.00. The molecule has 2 N–H and O–H groups in total. The van der Waals surface area contributed by atoms with Crippen LogP contribution in [0.4, 0.5) is 0 Å². The summed E-state index contributed by atoms with van der Waals surface area (Å²) in [7, 11) is 1.82. The van der Waals surface area contributed by atoms with E-state index >= 15 is 0 Å². The van der Waals surface area contributed by atoms with Crippen LogP contribution < -0.4 is 10.6 Å². The van der Waals surface area contributed by atoms with E-state index in [0.717, 1.165) is 56.5 Å². The monoisotopic (exact) mass is 499 g/mol. The predicted octanol–water partition coefficient (Wildman–Crippen LogP) is 3.44. The Kier molecular flexibility index (Phi) is 9.50. The molecule has 1 aromatic carbocycles. The lowest BCUT2D eigenvalue weighted by molar-refractivity contribution is 0.251. The summed E-state index contributed by atoms with van der Waals surface area (Å²) in [4.78, 5) is 12.6. The Morgan fingerprint density at radius 1 is 1.26 bits per heavy atom. The highest BCUT2D eigenvalue weighted by atomic mass is 127. The molecule has 27 heavy (non-hydrogen) atoms. The molecule has 0 radical (unpaired) electrons. The fourth-order valence-corrected chi connectivity index (χ4v) is 4.03. The number of aromatic nitrogens is 1. The summed E-state index contributed by atoms with van der Waals surface area (Å²) in [5.74, 6) is 0.849. The highest BCUT2D eigenvalue weighted by molar-refractivity contribution is 14.0. The van der Waals surface area contributed by atoms with Crippen LogP contribution >= 0.6 is 35.3 Å². The van der Waals surface area contributed by atoms with E-state index in [0.29, 0.717) is 0 Å². The van der Waals surface area contributed by atoms with Gasteiger partial charge in [0, 0.05) is 44.3 Å². The summed E-state index contributed by atoms with van der Waals surface area (Å²) in [6, 6.07) is 8.81. The minimum atomic E-state index is 0. The van der Waals surface area contributed by atoms with E-state index < -0.39 is 0 Å². The molecule has 0 amide bonds. The number of aliphatic imine (C=N–C) groups is 1. The van der Waals surface area contributed by atoms with Gasteiger partial charge in [-0.05, 0) is 30.4 Å². The van der Waals surface area contributed by atoms with Crippen molar-refractivity contribution in [1.82, 2.24) is 20.5 Å². The van der Waals surface area contributed by atoms with Gasteiger partial charge >= 0.3 is 0 Å². The standard InChI is InChI=1S/C20H29N5S.HI/c1-3-18-13-23-19(26-18)14-24-20(21-2)22-10-6-11-25-12-9-16-7-4-5-8-17(16)15-25;/h4-5,7-8,13H,3,6,9-12,14-15H2,1-2H3,(H2,21,22,24);1H. The van der Waals surface area contributed by atoms with Crippen LogP contribution in [0.3, 0.4) is 0 Å². The third kappa shape index (κ3) is 6.73. The lowest BCUT2D eigenvalue weighted by atomic mass is 10.00. The van der Waals surface area contributed by atoms with Crippen LogP contribution in [0.5, 0.6) is 0 Å².